The van der Waals surface area contributed by atoms with Crippen LogP contribution in [0.25, 0.3) is 0 Å². The summed E-state index contributed by atoms with van der Waals surface area (Å²) < 4.78 is 0. The summed E-state index contributed by atoms with van der Waals surface area (Å²) in [7, 11) is 0. The van der Waals surface area contributed by atoms with E-state index in [2.05, 4.69) is 24.5 Å². The second-order valence-electron chi connectivity index (χ2n) is 5.17. The van der Waals surface area contributed by atoms with Gasteiger partial charge in [0.25, 0.3) is 0 Å². The molecule has 0 spiro atoms. The highest BCUT2D eigenvalue weighted by atomic mass is 16.2. The molecule has 0 saturated heterocycles. The van der Waals surface area contributed by atoms with Gasteiger partial charge in [0.15, 0.2) is 0 Å². The van der Waals surface area contributed by atoms with Gasteiger partial charge >= 0.3 is 6.03 Å². The Morgan fingerprint density at radius 2 is 1.86 bits per heavy atom. The summed E-state index contributed by atoms with van der Waals surface area (Å²) in [5, 5.41) is 5.70. The molecule has 84 valence electrons. The SMILES string of the molecule is CC(C)CCCNC(=O)NC(C)(C)C. The van der Waals surface area contributed by atoms with Gasteiger partial charge in [-0.3, -0.25) is 0 Å². The summed E-state index contributed by atoms with van der Waals surface area (Å²) in [5.74, 6) is 0.711. The molecule has 0 unspecified atom stereocenters. The van der Waals surface area contributed by atoms with E-state index in [-0.39, 0.29) is 11.6 Å². The fourth-order valence-electron chi connectivity index (χ4n) is 1.10. The molecule has 0 heterocycles. The topological polar surface area (TPSA) is 41.1 Å². The van der Waals surface area contributed by atoms with Crippen molar-refractivity contribution in [2.24, 2.45) is 5.92 Å². The van der Waals surface area contributed by atoms with Crippen LogP contribution in [0, 0.1) is 5.92 Å². The monoisotopic (exact) mass is 200 g/mol. The number of nitrogens with one attached hydrogen (secondary N) is 2. The number of carbonyl (C=O) groups is 1. The van der Waals surface area contributed by atoms with Crippen LogP contribution in [0.5, 0.6) is 0 Å². The van der Waals surface area contributed by atoms with Crippen molar-refractivity contribution in [3.05, 3.63) is 0 Å². The number of urea groups is 1. The minimum absolute atomic E-state index is 0.0683. The van der Waals surface area contributed by atoms with Crippen LogP contribution in [0.4, 0.5) is 4.79 Å². The average molecular weight is 200 g/mol. The average Bonchev–Trinajstić information content (AvgIpc) is 1.94. The van der Waals surface area contributed by atoms with Gasteiger partial charge in [-0.15, -0.1) is 0 Å². The number of rotatable bonds is 4. The first-order chi connectivity index (χ1) is 6.31. The number of amides is 2. The summed E-state index contributed by atoms with van der Waals surface area (Å²) in [6.07, 6.45) is 2.21. The fraction of sp³-hybridized carbons (Fsp3) is 0.909. The molecule has 0 saturated carbocycles. The minimum atomic E-state index is -0.151. The van der Waals surface area contributed by atoms with Crippen molar-refractivity contribution >= 4 is 6.03 Å². The normalized spacial score (nSPS) is 11.6. The van der Waals surface area contributed by atoms with Crippen molar-refractivity contribution in [2.75, 3.05) is 6.54 Å². The van der Waals surface area contributed by atoms with Crippen LogP contribution in [-0.2, 0) is 0 Å². The Labute approximate surface area is 87.6 Å². The molecule has 3 heteroatoms. The quantitative estimate of drug-likeness (QED) is 0.673. The van der Waals surface area contributed by atoms with E-state index in [9.17, 15) is 4.79 Å². The number of carbonyl (C=O) groups excluding carboxylic acids is 1. The fourth-order valence-corrected chi connectivity index (χ4v) is 1.10. The zero-order valence-corrected chi connectivity index (χ0v) is 10.1. The molecule has 14 heavy (non-hydrogen) atoms. The van der Waals surface area contributed by atoms with Crippen molar-refractivity contribution < 1.29 is 4.79 Å². The highest BCUT2D eigenvalue weighted by molar-refractivity contribution is 5.74. The molecule has 0 bridgehead atoms. The lowest BCUT2D eigenvalue weighted by molar-refractivity contribution is 0.231. The molecule has 3 nitrogen and oxygen atoms in total. The van der Waals surface area contributed by atoms with Gasteiger partial charge in [-0.2, -0.15) is 0 Å². The molecule has 0 aliphatic heterocycles. The second-order valence-corrected chi connectivity index (χ2v) is 5.17. The van der Waals surface area contributed by atoms with E-state index in [0.29, 0.717) is 5.92 Å². The zero-order valence-electron chi connectivity index (χ0n) is 10.1. The molecule has 0 aromatic rings. The van der Waals surface area contributed by atoms with Gasteiger partial charge in [0, 0.05) is 12.1 Å². The van der Waals surface area contributed by atoms with Crippen LogP contribution >= 0.6 is 0 Å². The van der Waals surface area contributed by atoms with Crippen LogP contribution < -0.4 is 10.6 Å². The first-order valence-corrected chi connectivity index (χ1v) is 5.37. The van der Waals surface area contributed by atoms with Gasteiger partial charge in [-0.05, 0) is 39.5 Å². The maximum Gasteiger partial charge on any atom is 0.315 e. The maximum atomic E-state index is 11.3. The molecule has 2 amide bonds. The summed E-state index contributed by atoms with van der Waals surface area (Å²) in [5.41, 5.74) is -0.151. The van der Waals surface area contributed by atoms with Crippen LogP contribution in [0.2, 0.25) is 0 Å². The number of hydrogen-bond donors (Lipinski definition) is 2. The Bertz CT molecular complexity index is 171. The van der Waals surface area contributed by atoms with E-state index in [1.165, 1.54) is 0 Å². The van der Waals surface area contributed by atoms with Crippen LogP contribution in [0.3, 0.4) is 0 Å². The van der Waals surface area contributed by atoms with E-state index >= 15 is 0 Å². The van der Waals surface area contributed by atoms with Crippen molar-refractivity contribution in [3.8, 4) is 0 Å². The Kier molecular flexibility index (Phi) is 5.58. The maximum absolute atomic E-state index is 11.3. The van der Waals surface area contributed by atoms with Crippen molar-refractivity contribution in [1.29, 1.82) is 0 Å². The van der Waals surface area contributed by atoms with Crippen LogP contribution in [-0.4, -0.2) is 18.1 Å². The zero-order chi connectivity index (χ0) is 11.2. The molecule has 0 radical (unpaired) electrons. The van der Waals surface area contributed by atoms with E-state index < -0.39 is 0 Å². The standard InChI is InChI=1S/C11H24N2O/c1-9(2)7-6-8-12-10(14)13-11(3,4)5/h9H,6-8H2,1-5H3,(H2,12,13,14). The van der Waals surface area contributed by atoms with Crippen molar-refractivity contribution in [1.82, 2.24) is 10.6 Å². The lowest BCUT2D eigenvalue weighted by atomic mass is 10.1. The highest BCUT2D eigenvalue weighted by Crippen LogP contribution is 2.02. The first-order valence-electron chi connectivity index (χ1n) is 5.37. The predicted molar refractivity (Wildman–Crippen MR) is 60.4 cm³/mol. The van der Waals surface area contributed by atoms with E-state index in [1.807, 2.05) is 20.8 Å². The second kappa shape index (κ2) is 5.89. The van der Waals surface area contributed by atoms with E-state index in [1.54, 1.807) is 0 Å². The Morgan fingerprint density at radius 3 is 2.29 bits per heavy atom. The number of hydrogen-bond acceptors (Lipinski definition) is 1. The summed E-state index contributed by atoms with van der Waals surface area (Å²) in [4.78, 5) is 11.3. The van der Waals surface area contributed by atoms with Gasteiger partial charge in [-0.1, -0.05) is 13.8 Å². The summed E-state index contributed by atoms with van der Waals surface area (Å²) in [6, 6.07) is -0.0683. The molecule has 0 aromatic carbocycles. The van der Waals surface area contributed by atoms with Crippen molar-refractivity contribution in [2.45, 2.75) is 53.0 Å². The largest absolute Gasteiger partial charge is 0.338 e. The molecule has 0 atom stereocenters. The van der Waals surface area contributed by atoms with Gasteiger partial charge in [0.1, 0.15) is 0 Å². The Balaban J connectivity index is 3.46. The smallest absolute Gasteiger partial charge is 0.315 e. The van der Waals surface area contributed by atoms with E-state index in [4.69, 9.17) is 0 Å². The molecule has 0 aromatic heterocycles. The third-order valence-corrected chi connectivity index (χ3v) is 1.73. The Hall–Kier alpha value is -0.730. The highest BCUT2D eigenvalue weighted by Gasteiger charge is 2.12. The minimum Gasteiger partial charge on any atom is -0.338 e. The summed E-state index contributed by atoms with van der Waals surface area (Å²) >= 11 is 0. The third kappa shape index (κ3) is 9.36. The molecule has 0 fully saturated rings. The summed E-state index contributed by atoms with van der Waals surface area (Å²) in [6.45, 7) is 11.1. The van der Waals surface area contributed by atoms with Gasteiger partial charge in [-0.25, -0.2) is 4.79 Å². The first kappa shape index (κ1) is 13.3. The molecule has 0 aliphatic carbocycles. The van der Waals surface area contributed by atoms with Gasteiger partial charge in [0.05, 0.1) is 0 Å². The lowest BCUT2D eigenvalue weighted by Crippen LogP contribution is -2.46. The van der Waals surface area contributed by atoms with Crippen molar-refractivity contribution in [3.63, 3.8) is 0 Å². The predicted octanol–water partition coefficient (Wildman–Crippen LogP) is 2.52. The molecular weight excluding hydrogens is 176 g/mol. The van der Waals surface area contributed by atoms with Gasteiger partial charge < -0.3 is 10.6 Å². The lowest BCUT2D eigenvalue weighted by Gasteiger charge is -2.20. The van der Waals surface area contributed by atoms with Crippen LogP contribution in [0.1, 0.15) is 47.5 Å². The third-order valence-electron chi connectivity index (χ3n) is 1.73. The van der Waals surface area contributed by atoms with E-state index in [0.717, 1.165) is 19.4 Å². The molecule has 2 N–H and O–H groups in total. The Morgan fingerprint density at radius 1 is 1.29 bits per heavy atom. The van der Waals surface area contributed by atoms with Crippen LogP contribution in [0.15, 0.2) is 0 Å². The molecule has 0 rings (SSSR count). The molecule has 0 aliphatic rings. The molecular formula is C11H24N2O. The van der Waals surface area contributed by atoms with Gasteiger partial charge in [0.2, 0.25) is 0 Å².